The maximum absolute atomic E-state index is 12.1. The Bertz CT molecular complexity index is 670. The van der Waals surface area contributed by atoms with Crippen LogP contribution in [-0.2, 0) is 6.54 Å². The molecule has 23 heavy (non-hydrogen) atoms. The number of hydrogen-bond donors (Lipinski definition) is 0. The molecule has 1 aliphatic heterocycles. The van der Waals surface area contributed by atoms with Crippen LogP contribution in [0.4, 0.5) is 0 Å². The molecule has 1 fully saturated rings. The minimum absolute atomic E-state index is 0.0570. The Kier molecular flexibility index (Phi) is 4.85. The zero-order chi connectivity index (χ0) is 16.2. The van der Waals surface area contributed by atoms with Crippen molar-refractivity contribution >= 4 is 0 Å². The lowest BCUT2D eigenvalue weighted by molar-refractivity contribution is 0.155. The standard InChI is InChI=1S/C16H24N6O/c1-13(2)9-20-7-5-14(6-8-20)10-21-16(23)4-3-15(19-21)22-12-17-11-18-22/h3-4,11-14H,5-10H2,1-2H3. The second-order valence-corrected chi connectivity index (χ2v) is 6.69. The summed E-state index contributed by atoms with van der Waals surface area (Å²) in [4.78, 5) is 18.5. The molecule has 1 saturated heterocycles. The minimum atomic E-state index is -0.0570. The van der Waals surface area contributed by atoms with Crippen LogP contribution in [0.2, 0.25) is 0 Å². The molecule has 0 aliphatic carbocycles. The van der Waals surface area contributed by atoms with Crippen molar-refractivity contribution in [3.05, 3.63) is 35.1 Å². The van der Waals surface area contributed by atoms with Gasteiger partial charge >= 0.3 is 0 Å². The van der Waals surface area contributed by atoms with E-state index in [2.05, 4.69) is 33.9 Å². The number of likely N-dealkylation sites (tertiary alicyclic amines) is 1. The van der Waals surface area contributed by atoms with Crippen molar-refractivity contribution in [1.82, 2.24) is 29.4 Å². The van der Waals surface area contributed by atoms with Crippen molar-refractivity contribution in [1.29, 1.82) is 0 Å². The van der Waals surface area contributed by atoms with E-state index in [1.807, 2.05) is 0 Å². The van der Waals surface area contributed by atoms with Gasteiger partial charge in [0, 0.05) is 19.2 Å². The van der Waals surface area contributed by atoms with Crippen molar-refractivity contribution in [2.45, 2.75) is 33.2 Å². The van der Waals surface area contributed by atoms with E-state index in [0.717, 1.165) is 32.5 Å². The van der Waals surface area contributed by atoms with Crippen LogP contribution in [0.25, 0.3) is 5.82 Å². The van der Waals surface area contributed by atoms with E-state index in [9.17, 15) is 4.79 Å². The van der Waals surface area contributed by atoms with Gasteiger partial charge in [0.05, 0.1) is 0 Å². The van der Waals surface area contributed by atoms with Gasteiger partial charge in [-0.3, -0.25) is 4.79 Å². The van der Waals surface area contributed by atoms with E-state index in [1.165, 1.54) is 6.33 Å². The summed E-state index contributed by atoms with van der Waals surface area (Å²) in [6.07, 6.45) is 5.28. The van der Waals surface area contributed by atoms with E-state index in [1.54, 1.807) is 27.8 Å². The van der Waals surface area contributed by atoms with Crippen LogP contribution >= 0.6 is 0 Å². The zero-order valence-corrected chi connectivity index (χ0v) is 13.8. The first-order valence-electron chi connectivity index (χ1n) is 8.27. The molecule has 0 atom stereocenters. The second-order valence-electron chi connectivity index (χ2n) is 6.69. The summed E-state index contributed by atoms with van der Waals surface area (Å²) in [6, 6.07) is 3.23. The molecular formula is C16H24N6O. The smallest absolute Gasteiger partial charge is 0.266 e. The Labute approximate surface area is 135 Å². The first-order chi connectivity index (χ1) is 11.1. The van der Waals surface area contributed by atoms with Crippen molar-refractivity contribution in [2.75, 3.05) is 19.6 Å². The highest BCUT2D eigenvalue weighted by Gasteiger charge is 2.20. The molecule has 0 unspecified atom stereocenters. The molecule has 0 saturated carbocycles. The maximum Gasteiger partial charge on any atom is 0.266 e. The lowest BCUT2D eigenvalue weighted by Crippen LogP contribution is -2.38. The fourth-order valence-electron chi connectivity index (χ4n) is 3.13. The second kappa shape index (κ2) is 7.04. The van der Waals surface area contributed by atoms with Crippen LogP contribution in [0.3, 0.4) is 0 Å². The van der Waals surface area contributed by atoms with Crippen molar-refractivity contribution < 1.29 is 0 Å². The molecule has 3 heterocycles. The molecule has 2 aromatic rings. The quantitative estimate of drug-likeness (QED) is 0.829. The Hall–Kier alpha value is -2.02. The zero-order valence-electron chi connectivity index (χ0n) is 13.8. The number of piperidine rings is 1. The van der Waals surface area contributed by atoms with Gasteiger partial charge in [-0.2, -0.15) is 5.10 Å². The summed E-state index contributed by atoms with van der Waals surface area (Å²) < 4.78 is 3.14. The summed E-state index contributed by atoms with van der Waals surface area (Å²) in [7, 11) is 0. The molecule has 0 spiro atoms. The van der Waals surface area contributed by atoms with E-state index >= 15 is 0 Å². The number of aromatic nitrogens is 5. The average molecular weight is 316 g/mol. The normalized spacial score (nSPS) is 17.0. The molecule has 0 amide bonds. The van der Waals surface area contributed by atoms with Gasteiger partial charge in [-0.1, -0.05) is 13.8 Å². The van der Waals surface area contributed by atoms with Gasteiger partial charge < -0.3 is 4.90 Å². The third kappa shape index (κ3) is 4.04. The summed E-state index contributed by atoms with van der Waals surface area (Å²) in [6.45, 7) is 8.57. The van der Waals surface area contributed by atoms with Crippen LogP contribution in [0, 0.1) is 11.8 Å². The SMILES string of the molecule is CC(C)CN1CCC(Cn2nc(-n3cncn3)ccc2=O)CC1. The fourth-order valence-corrected chi connectivity index (χ4v) is 3.13. The molecule has 0 bridgehead atoms. The Morgan fingerprint density at radius 2 is 2.04 bits per heavy atom. The Balaban J connectivity index is 1.65. The molecule has 0 radical (unpaired) electrons. The highest BCUT2D eigenvalue weighted by molar-refractivity contribution is 5.16. The Morgan fingerprint density at radius 1 is 1.26 bits per heavy atom. The van der Waals surface area contributed by atoms with Crippen LogP contribution in [-0.4, -0.2) is 49.1 Å². The minimum Gasteiger partial charge on any atom is -0.303 e. The van der Waals surface area contributed by atoms with E-state index in [4.69, 9.17) is 0 Å². The first kappa shape index (κ1) is 15.9. The van der Waals surface area contributed by atoms with E-state index < -0.39 is 0 Å². The largest absolute Gasteiger partial charge is 0.303 e. The average Bonchev–Trinajstić information content (AvgIpc) is 3.05. The van der Waals surface area contributed by atoms with Crippen LogP contribution in [0.5, 0.6) is 0 Å². The number of hydrogen-bond acceptors (Lipinski definition) is 5. The predicted octanol–water partition coefficient (Wildman–Crippen LogP) is 1.19. The van der Waals surface area contributed by atoms with Gasteiger partial charge in [-0.25, -0.2) is 14.3 Å². The molecule has 1 aliphatic rings. The molecule has 0 aromatic carbocycles. The third-order valence-corrected chi connectivity index (χ3v) is 4.27. The van der Waals surface area contributed by atoms with Crippen molar-refractivity contribution in [2.24, 2.45) is 11.8 Å². The van der Waals surface area contributed by atoms with Gasteiger partial charge in [0.2, 0.25) is 0 Å². The highest BCUT2D eigenvalue weighted by Crippen LogP contribution is 2.19. The summed E-state index contributed by atoms with van der Waals surface area (Å²) >= 11 is 0. The molecule has 0 N–H and O–H groups in total. The number of rotatable bonds is 5. The van der Waals surface area contributed by atoms with E-state index in [-0.39, 0.29) is 5.56 Å². The highest BCUT2D eigenvalue weighted by atomic mass is 16.1. The fraction of sp³-hybridized carbons (Fsp3) is 0.625. The molecule has 7 nitrogen and oxygen atoms in total. The van der Waals surface area contributed by atoms with Gasteiger partial charge in [-0.15, -0.1) is 5.10 Å². The summed E-state index contributed by atoms with van der Waals surface area (Å²) in [5.41, 5.74) is -0.0570. The summed E-state index contributed by atoms with van der Waals surface area (Å²) in [5.74, 6) is 1.84. The molecule has 2 aromatic heterocycles. The van der Waals surface area contributed by atoms with Gasteiger partial charge in [0.1, 0.15) is 12.7 Å². The van der Waals surface area contributed by atoms with Gasteiger partial charge in [-0.05, 0) is 43.8 Å². The maximum atomic E-state index is 12.1. The van der Waals surface area contributed by atoms with Crippen LogP contribution in [0.15, 0.2) is 29.6 Å². The topological polar surface area (TPSA) is 68.8 Å². The third-order valence-electron chi connectivity index (χ3n) is 4.27. The molecule has 3 rings (SSSR count). The molecule has 124 valence electrons. The van der Waals surface area contributed by atoms with Crippen molar-refractivity contribution in [3.63, 3.8) is 0 Å². The Morgan fingerprint density at radius 3 is 2.70 bits per heavy atom. The number of nitrogens with zero attached hydrogens (tertiary/aromatic N) is 6. The molecular weight excluding hydrogens is 292 g/mol. The van der Waals surface area contributed by atoms with Crippen LogP contribution < -0.4 is 5.56 Å². The lowest BCUT2D eigenvalue weighted by atomic mass is 9.96. The molecule has 7 heteroatoms. The van der Waals surface area contributed by atoms with Gasteiger partial charge in [0.25, 0.3) is 5.56 Å². The monoisotopic (exact) mass is 316 g/mol. The van der Waals surface area contributed by atoms with Crippen LogP contribution in [0.1, 0.15) is 26.7 Å². The lowest BCUT2D eigenvalue weighted by Gasteiger charge is -2.32. The van der Waals surface area contributed by atoms with Gasteiger partial charge in [0.15, 0.2) is 5.82 Å². The van der Waals surface area contributed by atoms with Crippen molar-refractivity contribution in [3.8, 4) is 5.82 Å². The predicted molar refractivity (Wildman–Crippen MR) is 87.4 cm³/mol. The summed E-state index contributed by atoms with van der Waals surface area (Å²) in [5, 5.41) is 8.49. The van der Waals surface area contributed by atoms with E-state index in [0.29, 0.717) is 24.2 Å². The first-order valence-corrected chi connectivity index (χ1v) is 8.27.